The number of thiophene rings is 1. The van der Waals surface area contributed by atoms with E-state index in [1.54, 1.807) is 4.90 Å². The Morgan fingerprint density at radius 3 is 2.71 bits per heavy atom. The van der Waals surface area contributed by atoms with Gasteiger partial charge in [0.1, 0.15) is 0 Å². The van der Waals surface area contributed by atoms with Crippen LogP contribution in [0.2, 0.25) is 0 Å². The lowest BCUT2D eigenvalue weighted by atomic mass is 10.2. The Morgan fingerprint density at radius 2 is 2.04 bits per heavy atom. The van der Waals surface area contributed by atoms with E-state index >= 15 is 0 Å². The molecule has 1 aromatic carbocycles. The average Bonchev–Trinajstić information content (AvgIpc) is 3.27. The van der Waals surface area contributed by atoms with E-state index in [1.807, 2.05) is 61.7 Å². The van der Waals surface area contributed by atoms with Crippen LogP contribution in [0.15, 0.2) is 57.5 Å². The second-order valence-corrected chi connectivity index (χ2v) is 7.27. The zero-order chi connectivity index (χ0) is 16.9. The molecule has 124 valence electrons. The third-order valence-corrected chi connectivity index (χ3v) is 5.19. The molecule has 0 bridgehead atoms. The smallest absolute Gasteiger partial charge is 0.277 e. The minimum absolute atomic E-state index is 0.0181. The predicted octanol–water partition coefficient (Wildman–Crippen LogP) is 4.33. The van der Waals surface area contributed by atoms with Crippen molar-refractivity contribution >= 4 is 34.7 Å². The van der Waals surface area contributed by atoms with E-state index in [1.165, 1.54) is 23.1 Å². The van der Waals surface area contributed by atoms with Gasteiger partial charge in [-0.05, 0) is 37.4 Å². The highest BCUT2D eigenvalue weighted by atomic mass is 32.2. The molecule has 3 rings (SSSR count). The lowest BCUT2D eigenvalue weighted by Gasteiger charge is -2.23. The maximum Gasteiger partial charge on any atom is 0.277 e. The topological polar surface area (TPSA) is 59.2 Å². The van der Waals surface area contributed by atoms with Crippen LogP contribution in [0.5, 0.6) is 0 Å². The summed E-state index contributed by atoms with van der Waals surface area (Å²) in [6.45, 7) is 4.43. The maximum atomic E-state index is 12.7. The fourth-order valence-corrected chi connectivity index (χ4v) is 3.64. The maximum absolute atomic E-state index is 12.7. The minimum Gasteiger partial charge on any atom is -0.410 e. The van der Waals surface area contributed by atoms with Crippen molar-refractivity contribution in [1.29, 1.82) is 0 Å². The number of carbonyl (C=O) groups excluding carboxylic acids is 1. The quantitative estimate of drug-likeness (QED) is 0.613. The molecule has 7 heteroatoms. The molecule has 0 saturated carbocycles. The number of hydrogen-bond acceptors (Lipinski definition) is 6. The number of amides is 1. The average molecular weight is 359 g/mol. The molecule has 0 aliphatic carbocycles. The highest BCUT2D eigenvalue weighted by Crippen LogP contribution is 2.29. The van der Waals surface area contributed by atoms with Crippen molar-refractivity contribution in [2.75, 3.05) is 11.4 Å². The van der Waals surface area contributed by atoms with Gasteiger partial charge in [-0.15, -0.1) is 21.5 Å². The van der Waals surface area contributed by atoms with Crippen molar-refractivity contribution in [2.24, 2.45) is 0 Å². The highest BCUT2D eigenvalue weighted by Gasteiger charge is 2.24. The molecule has 0 radical (unpaired) electrons. The molecule has 1 atom stereocenters. The first-order valence-corrected chi connectivity index (χ1v) is 9.35. The SMILES string of the molecule is CCN(C(=O)C(C)Sc1nnc(-c2cccs2)o1)c1ccccc1. The van der Waals surface area contributed by atoms with E-state index < -0.39 is 0 Å². The number of nitrogens with zero attached hydrogens (tertiary/aromatic N) is 3. The van der Waals surface area contributed by atoms with Gasteiger partial charge in [-0.1, -0.05) is 36.0 Å². The van der Waals surface area contributed by atoms with Gasteiger partial charge in [-0.25, -0.2) is 0 Å². The summed E-state index contributed by atoms with van der Waals surface area (Å²) in [5, 5.41) is 10.1. The monoisotopic (exact) mass is 359 g/mol. The summed E-state index contributed by atoms with van der Waals surface area (Å²) in [6.07, 6.45) is 0. The Morgan fingerprint density at radius 1 is 1.25 bits per heavy atom. The lowest BCUT2D eigenvalue weighted by molar-refractivity contribution is -0.117. The zero-order valence-electron chi connectivity index (χ0n) is 13.4. The summed E-state index contributed by atoms with van der Waals surface area (Å²) in [6, 6.07) is 13.5. The number of thioether (sulfide) groups is 1. The summed E-state index contributed by atoms with van der Waals surface area (Å²) in [5.74, 6) is 0.507. The fraction of sp³-hybridized carbons (Fsp3) is 0.235. The van der Waals surface area contributed by atoms with E-state index in [2.05, 4.69) is 10.2 Å². The number of carbonyl (C=O) groups is 1. The van der Waals surface area contributed by atoms with Crippen LogP contribution in [0.1, 0.15) is 13.8 Å². The van der Waals surface area contributed by atoms with Crippen molar-refractivity contribution in [3.63, 3.8) is 0 Å². The van der Waals surface area contributed by atoms with Crippen LogP contribution in [0.25, 0.3) is 10.8 Å². The summed E-state index contributed by atoms with van der Waals surface area (Å²) < 4.78 is 5.65. The highest BCUT2D eigenvalue weighted by molar-refractivity contribution is 8.00. The van der Waals surface area contributed by atoms with Gasteiger partial charge in [0.05, 0.1) is 10.1 Å². The molecule has 0 spiro atoms. The van der Waals surface area contributed by atoms with Crippen molar-refractivity contribution in [2.45, 2.75) is 24.3 Å². The van der Waals surface area contributed by atoms with Crippen molar-refractivity contribution < 1.29 is 9.21 Å². The van der Waals surface area contributed by atoms with Gasteiger partial charge in [0.15, 0.2) is 0 Å². The van der Waals surface area contributed by atoms with Crippen molar-refractivity contribution in [3.05, 3.63) is 47.8 Å². The number of aromatic nitrogens is 2. The van der Waals surface area contributed by atoms with Crippen molar-refractivity contribution in [3.8, 4) is 10.8 Å². The van der Waals surface area contributed by atoms with Crippen LogP contribution in [-0.4, -0.2) is 27.9 Å². The van der Waals surface area contributed by atoms with Crippen LogP contribution in [0.3, 0.4) is 0 Å². The van der Waals surface area contributed by atoms with E-state index in [9.17, 15) is 4.79 Å². The first-order chi connectivity index (χ1) is 11.7. The molecule has 0 N–H and O–H groups in total. The lowest BCUT2D eigenvalue weighted by Crippen LogP contribution is -2.36. The summed E-state index contributed by atoms with van der Waals surface area (Å²) in [5.41, 5.74) is 0.891. The standard InChI is InChI=1S/C17H17N3O2S2/c1-3-20(13-8-5-4-6-9-13)16(21)12(2)24-17-19-18-15(22-17)14-10-7-11-23-14/h4-12H,3H2,1-2H3. The van der Waals surface area contributed by atoms with Crippen LogP contribution in [-0.2, 0) is 4.79 Å². The van der Waals surface area contributed by atoms with Gasteiger partial charge < -0.3 is 9.32 Å². The molecule has 0 aliphatic heterocycles. The minimum atomic E-state index is -0.318. The van der Waals surface area contributed by atoms with Gasteiger partial charge >= 0.3 is 0 Å². The molecule has 0 aliphatic rings. The number of rotatable bonds is 6. The number of para-hydroxylation sites is 1. The van der Waals surface area contributed by atoms with Crippen LogP contribution in [0, 0.1) is 0 Å². The van der Waals surface area contributed by atoms with E-state index in [0.29, 0.717) is 17.7 Å². The van der Waals surface area contributed by atoms with E-state index in [0.717, 1.165) is 10.6 Å². The number of hydrogen-bond donors (Lipinski definition) is 0. The molecule has 0 fully saturated rings. The first-order valence-electron chi connectivity index (χ1n) is 7.59. The third-order valence-electron chi connectivity index (χ3n) is 3.41. The molecular weight excluding hydrogens is 342 g/mol. The van der Waals surface area contributed by atoms with Crippen LogP contribution in [0.4, 0.5) is 5.69 Å². The Bertz CT molecular complexity index is 787. The largest absolute Gasteiger partial charge is 0.410 e. The molecule has 0 saturated heterocycles. The van der Waals surface area contributed by atoms with Gasteiger partial charge in [0, 0.05) is 12.2 Å². The van der Waals surface area contributed by atoms with Gasteiger partial charge in [0.25, 0.3) is 11.1 Å². The van der Waals surface area contributed by atoms with Gasteiger partial charge in [0.2, 0.25) is 5.91 Å². The van der Waals surface area contributed by atoms with Crippen LogP contribution < -0.4 is 4.90 Å². The van der Waals surface area contributed by atoms with Gasteiger partial charge in [-0.2, -0.15) is 0 Å². The summed E-state index contributed by atoms with van der Waals surface area (Å²) in [4.78, 5) is 15.4. The normalized spacial score (nSPS) is 12.1. The second kappa shape index (κ2) is 7.63. The first kappa shape index (κ1) is 16.7. The third kappa shape index (κ3) is 3.68. The van der Waals surface area contributed by atoms with E-state index in [4.69, 9.17) is 4.42 Å². The molecule has 1 unspecified atom stereocenters. The van der Waals surface area contributed by atoms with Crippen molar-refractivity contribution in [1.82, 2.24) is 10.2 Å². The molecule has 24 heavy (non-hydrogen) atoms. The Hall–Kier alpha value is -2.12. The molecule has 1 amide bonds. The van der Waals surface area contributed by atoms with Gasteiger partial charge in [-0.3, -0.25) is 4.79 Å². The Kier molecular flexibility index (Phi) is 5.32. The molecule has 5 nitrogen and oxygen atoms in total. The van der Waals surface area contributed by atoms with Crippen LogP contribution >= 0.6 is 23.1 Å². The fourth-order valence-electron chi connectivity index (χ4n) is 2.25. The Labute approximate surface area is 148 Å². The second-order valence-electron chi connectivity index (χ2n) is 5.03. The number of benzene rings is 1. The molecule has 2 heterocycles. The number of anilines is 1. The molecule has 3 aromatic rings. The molecular formula is C17H17N3O2S2. The summed E-state index contributed by atoms with van der Waals surface area (Å²) in [7, 11) is 0. The molecule has 2 aromatic heterocycles. The van der Waals surface area contributed by atoms with E-state index in [-0.39, 0.29) is 11.2 Å². The Balaban J connectivity index is 1.70. The predicted molar refractivity (Wildman–Crippen MR) is 97.4 cm³/mol. The zero-order valence-corrected chi connectivity index (χ0v) is 15.0. The summed E-state index contributed by atoms with van der Waals surface area (Å²) >= 11 is 2.82.